The third-order valence-electron chi connectivity index (χ3n) is 10.6. The van der Waals surface area contributed by atoms with E-state index in [0.29, 0.717) is 29.7 Å². The quantitative estimate of drug-likeness (QED) is 0.469. The normalized spacial score (nSPS) is 45.4. The molecular formula is C28H38O4. The van der Waals surface area contributed by atoms with Crippen molar-refractivity contribution in [3.63, 3.8) is 0 Å². The molecule has 2 fully saturated rings. The maximum Gasteiger partial charge on any atom is 0.334 e. The summed E-state index contributed by atoms with van der Waals surface area (Å²) in [6.45, 7) is 10.2. The van der Waals surface area contributed by atoms with Crippen molar-refractivity contribution in [3.8, 4) is 0 Å². The molecule has 4 heteroatoms. The fourth-order valence-corrected chi connectivity index (χ4v) is 8.54. The number of ketones is 1. The van der Waals surface area contributed by atoms with Crippen molar-refractivity contribution in [1.29, 1.82) is 0 Å². The van der Waals surface area contributed by atoms with Crippen LogP contribution in [-0.2, 0) is 14.3 Å². The van der Waals surface area contributed by atoms with Crippen LogP contribution in [0.3, 0.4) is 0 Å². The average molecular weight is 439 g/mol. The number of rotatable bonds is 2. The molecular weight excluding hydrogens is 400 g/mol. The van der Waals surface area contributed by atoms with Gasteiger partial charge in [-0.15, -0.1) is 0 Å². The summed E-state index contributed by atoms with van der Waals surface area (Å²) in [5.41, 5.74) is 1.61. The maximum absolute atomic E-state index is 13.1. The maximum atomic E-state index is 13.1. The second-order valence-electron chi connectivity index (χ2n) is 11.9. The molecule has 1 unspecified atom stereocenters. The van der Waals surface area contributed by atoms with Gasteiger partial charge >= 0.3 is 5.97 Å². The number of fused-ring (bicyclic) bond motifs is 5. The highest BCUT2D eigenvalue weighted by atomic mass is 16.6. The van der Waals surface area contributed by atoms with Crippen molar-refractivity contribution >= 4 is 11.8 Å². The zero-order chi connectivity index (χ0) is 23.1. The van der Waals surface area contributed by atoms with E-state index in [9.17, 15) is 14.7 Å². The summed E-state index contributed by atoms with van der Waals surface area (Å²) < 4.78 is 5.77. The number of aliphatic hydroxyl groups is 1. The van der Waals surface area contributed by atoms with Crippen molar-refractivity contribution in [1.82, 2.24) is 0 Å². The first-order chi connectivity index (χ1) is 15.0. The monoisotopic (exact) mass is 438 g/mol. The summed E-state index contributed by atoms with van der Waals surface area (Å²) in [5, 5.41) is 11.9. The van der Waals surface area contributed by atoms with Crippen molar-refractivity contribution in [2.75, 3.05) is 0 Å². The highest BCUT2D eigenvalue weighted by Gasteiger charge is 2.63. The number of esters is 1. The van der Waals surface area contributed by atoms with Gasteiger partial charge in [0.15, 0.2) is 5.78 Å². The Balaban J connectivity index is 1.44. The minimum atomic E-state index is -1.06. The van der Waals surface area contributed by atoms with E-state index in [1.807, 2.05) is 32.9 Å². The molecule has 5 aliphatic rings. The average Bonchev–Trinajstić information content (AvgIpc) is 3.10. The molecule has 0 bridgehead atoms. The molecule has 5 rings (SSSR count). The first kappa shape index (κ1) is 22.1. The Morgan fingerprint density at radius 1 is 1.12 bits per heavy atom. The van der Waals surface area contributed by atoms with Gasteiger partial charge in [0.05, 0.1) is 5.41 Å². The Morgan fingerprint density at radius 3 is 2.59 bits per heavy atom. The third kappa shape index (κ3) is 2.84. The molecule has 2 saturated carbocycles. The van der Waals surface area contributed by atoms with E-state index in [0.717, 1.165) is 44.1 Å². The Labute approximate surface area is 192 Å². The standard InChI is InChI=1S/C28H38O4/c1-16-15-24(32-25(30)17(16)2)28(5,31)22-12-11-20-19-10-9-18-7-6-8-23(29)27(18,4)21(19)13-14-26(20,22)3/h6,8-9,19-22,24,31H,7,10-15H2,1-5H3/t19-,20-,21?,22-,24+,26-,27-,28+/m0/s1. The summed E-state index contributed by atoms with van der Waals surface area (Å²) in [4.78, 5) is 25.5. The van der Waals surface area contributed by atoms with Gasteiger partial charge in [-0.3, -0.25) is 4.79 Å². The minimum absolute atomic E-state index is 0.00353. The van der Waals surface area contributed by atoms with Crippen LogP contribution < -0.4 is 0 Å². The number of allylic oxidation sites excluding steroid dienone is 4. The van der Waals surface area contributed by atoms with Gasteiger partial charge in [0.1, 0.15) is 11.7 Å². The fourth-order valence-electron chi connectivity index (χ4n) is 8.54. The lowest BCUT2D eigenvalue weighted by molar-refractivity contribution is -0.181. The lowest BCUT2D eigenvalue weighted by atomic mass is 9.47. The van der Waals surface area contributed by atoms with Gasteiger partial charge in [0.2, 0.25) is 0 Å². The van der Waals surface area contributed by atoms with Crippen LogP contribution in [0, 0.1) is 34.5 Å². The molecule has 0 amide bonds. The highest BCUT2D eigenvalue weighted by Crippen LogP contribution is 2.67. The SMILES string of the molecule is CC1=C(C)C(=O)O[C@@H]([C@](C)(O)[C@H]2CC[C@H]3[C@@H]4CC=C5CC=CC(=O)[C@]5(C)C4CC[C@]23C)C1. The van der Waals surface area contributed by atoms with Crippen LogP contribution in [0.4, 0.5) is 0 Å². The van der Waals surface area contributed by atoms with Gasteiger partial charge in [-0.2, -0.15) is 0 Å². The number of carbonyl (C=O) groups excluding carboxylic acids is 2. The van der Waals surface area contributed by atoms with E-state index in [4.69, 9.17) is 4.74 Å². The Hall–Kier alpha value is -1.68. The molecule has 0 aromatic heterocycles. The predicted molar refractivity (Wildman–Crippen MR) is 124 cm³/mol. The van der Waals surface area contributed by atoms with E-state index in [1.54, 1.807) is 0 Å². The van der Waals surface area contributed by atoms with Crippen LogP contribution in [0.1, 0.15) is 79.6 Å². The van der Waals surface area contributed by atoms with Crippen LogP contribution in [0.15, 0.2) is 34.9 Å². The zero-order valence-electron chi connectivity index (χ0n) is 20.2. The Bertz CT molecular complexity index is 952. The summed E-state index contributed by atoms with van der Waals surface area (Å²) in [6.07, 6.45) is 12.4. The molecule has 0 spiro atoms. The lowest BCUT2D eigenvalue weighted by Gasteiger charge is -2.57. The second-order valence-corrected chi connectivity index (χ2v) is 11.9. The van der Waals surface area contributed by atoms with Crippen LogP contribution >= 0.6 is 0 Å². The Morgan fingerprint density at radius 2 is 1.88 bits per heavy atom. The molecule has 0 aromatic carbocycles. The molecule has 0 saturated heterocycles. The van der Waals surface area contributed by atoms with Crippen LogP contribution in [-0.4, -0.2) is 28.6 Å². The van der Waals surface area contributed by atoms with Crippen molar-refractivity contribution in [3.05, 3.63) is 34.9 Å². The molecule has 0 radical (unpaired) electrons. The van der Waals surface area contributed by atoms with Crippen molar-refractivity contribution < 1.29 is 19.4 Å². The number of carbonyl (C=O) groups is 2. The minimum Gasteiger partial charge on any atom is -0.456 e. The first-order valence-electron chi connectivity index (χ1n) is 12.5. The second kappa shape index (κ2) is 7.16. The van der Waals surface area contributed by atoms with E-state index in [-0.39, 0.29) is 28.5 Å². The molecule has 1 aliphatic heterocycles. The summed E-state index contributed by atoms with van der Waals surface area (Å²) in [6, 6.07) is 0. The van der Waals surface area contributed by atoms with E-state index < -0.39 is 11.7 Å². The molecule has 8 atom stereocenters. The van der Waals surface area contributed by atoms with E-state index in [2.05, 4.69) is 19.9 Å². The van der Waals surface area contributed by atoms with Gasteiger partial charge < -0.3 is 9.84 Å². The van der Waals surface area contributed by atoms with Crippen LogP contribution in [0.25, 0.3) is 0 Å². The van der Waals surface area contributed by atoms with Crippen LogP contribution in [0.5, 0.6) is 0 Å². The van der Waals surface area contributed by atoms with Gasteiger partial charge in [-0.1, -0.05) is 30.2 Å². The number of ether oxygens (including phenoxy) is 1. The molecule has 4 aliphatic carbocycles. The largest absolute Gasteiger partial charge is 0.456 e. The van der Waals surface area contributed by atoms with E-state index in [1.165, 1.54) is 5.57 Å². The molecule has 0 aromatic rings. The topological polar surface area (TPSA) is 63.6 Å². The summed E-state index contributed by atoms with van der Waals surface area (Å²) in [5.74, 6) is 1.44. The summed E-state index contributed by atoms with van der Waals surface area (Å²) in [7, 11) is 0. The highest BCUT2D eigenvalue weighted by molar-refractivity contribution is 5.98. The zero-order valence-corrected chi connectivity index (χ0v) is 20.2. The number of hydrogen-bond acceptors (Lipinski definition) is 4. The lowest BCUT2D eigenvalue weighted by Crippen LogP contribution is -2.57. The molecule has 32 heavy (non-hydrogen) atoms. The van der Waals surface area contributed by atoms with Crippen molar-refractivity contribution in [2.45, 2.75) is 91.3 Å². The first-order valence-corrected chi connectivity index (χ1v) is 12.5. The van der Waals surface area contributed by atoms with E-state index >= 15 is 0 Å². The third-order valence-corrected chi connectivity index (χ3v) is 10.6. The van der Waals surface area contributed by atoms with Gasteiger partial charge in [0, 0.05) is 12.0 Å². The predicted octanol–water partition coefficient (Wildman–Crippen LogP) is 5.31. The van der Waals surface area contributed by atoms with Crippen molar-refractivity contribution in [2.24, 2.45) is 34.5 Å². The molecule has 1 N–H and O–H groups in total. The van der Waals surface area contributed by atoms with Gasteiger partial charge in [-0.25, -0.2) is 4.79 Å². The molecule has 174 valence electrons. The smallest absolute Gasteiger partial charge is 0.334 e. The Kier molecular flexibility index (Phi) is 4.95. The molecule has 4 nitrogen and oxygen atoms in total. The fraction of sp³-hybridized carbons (Fsp3) is 0.714. The number of hydrogen-bond donors (Lipinski definition) is 1. The van der Waals surface area contributed by atoms with Gasteiger partial charge in [0.25, 0.3) is 0 Å². The molecule has 1 heterocycles. The summed E-state index contributed by atoms with van der Waals surface area (Å²) >= 11 is 0. The van der Waals surface area contributed by atoms with Gasteiger partial charge in [-0.05, 0) is 101 Å². The number of cyclic esters (lactones) is 1. The van der Waals surface area contributed by atoms with Crippen LogP contribution in [0.2, 0.25) is 0 Å².